The average molecular weight is 885 g/mol. The zero-order chi connectivity index (χ0) is 45.0. The Balaban J connectivity index is 0.761. The number of carbonyl (C=O) groups is 5. The number of pyridine rings is 1. The SMILES string of the molecule is CN(c1cc(-c2nc(C(=O)Nc3cn(-c4cccc(CNCCOCCOCCNc5cccc6c5C(=O)N(C5CCC(=O)NC5=O)C6=O)c4)nc3C(F)(F)F)co2)ccn1)C1CC1. The van der Waals surface area contributed by atoms with Gasteiger partial charge in [-0.15, -0.1) is 0 Å². The van der Waals surface area contributed by atoms with Gasteiger partial charge in [0, 0.05) is 56.6 Å². The minimum atomic E-state index is -4.87. The van der Waals surface area contributed by atoms with Crippen LogP contribution in [0.15, 0.2) is 77.7 Å². The molecule has 1 aliphatic carbocycles. The molecule has 4 N–H and O–H groups in total. The fourth-order valence-corrected chi connectivity index (χ4v) is 7.33. The molecule has 0 spiro atoms. The summed E-state index contributed by atoms with van der Waals surface area (Å²) in [7, 11) is 1.94. The van der Waals surface area contributed by atoms with Gasteiger partial charge in [0.05, 0.1) is 55.1 Å². The number of benzene rings is 2. The van der Waals surface area contributed by atoms with Gasteiger partial charge in [0.25, 0.3) is 17.7 Å². The maximum atomic E-state index is 14.1. The number of hydrogen-bond acceptors (Lipinski definition) is 14. The van der Waals surface area contributed by atoms with Crippen molar-refractivity contribution in [1.29, 1.82) is 0 Å². The Bertz CT molecular complexity index is 2570. The van der Waals surface area contributed by atoms with Crippen molar-refractivity contribution in [2.45, 2.75) is 50.5 Å². The van der Waals surface area contributed by atoms with Gasteiger partial charge in [0.15, 0.2) is 11.4 Å². The third-order valence-corrected chi connectivity index (χ3v) is 10.7. The second-order valence-corrected chi connectivity index (χ2v) is 15.2. The molecule has 2 fully saturated rings. The number of halogens is 3. The average Bonchev–Trinajstić information content (AvgIpc) is 3.73. The third kappa shape index (κ3) is 9.80. The van der Waals surface area contributed by atoms with E-state index in [0.717, 1.165) is 40.4 Å². The summed E-state index contributed by atoms with van der Waals surface area (Å²) in [4.78, 5) is 74.9. The predicted octanol–water partition coefficient (Wildman–Crippen LogP) is 4.43. The van der Waals surface area contributed by atoms with Gasteiger partial charge >= 0.3 is 6.18 Å². The summed E-state index contributed by atoms with van der Waals surface area (Å²) in [5.41, 5.74) is 0.402. The lowest BCUT2D eigenvalue weighted by Gasteiger charge is -2.27. The van der Waals surface area contributed by atoms with Gasteiger partial charge in [-0.1, -0.05) is 18.2 Å². The smallest absolute Gasteiger partial charge is 0.437 e. The molecule has 1 atom stereocenters. The van der Waals surface area contributed by atoms with Crippen molar-refractivity contribution in [2.24, 2.45) is 0 Å². The number of nitrogens with zero attached hydrogens (tertiary/aromatic N) is 6. The molecule has 0 bridgehead atoms. The molecule has 2 aliphatic heterocycles. The summed E-state index contributed by atoms with van der Waals surface area (Å²) in [6.07, 6.45) is 1.14. The number of anilines is 3. The molecule has 64 heavy (non-hydrogen) atoms. The van der Waals surface area contributed by atoms with Crippen molar-refractivity contribution in [1.82, 2.24) is 35.3 Å². The third-order valence-electron chi connectivity index (χ3n) is 10.7. The molecule has 2 aromatic carbocycles. The number of aromatic nitrogens is 4. The Morgan fingerprint density at radius 3 is 2.50 bits per heavy atom. The molecule has 3 aliphatic rings. The van der Waals surface area contributed by atoms with Crippen LogP contribution in [0, 0.1) is 0 Å². The highest BCUT2D eigenvalue weighted by atomic mass is 19.4. The molecular formula is C43H43F3N10O8. The molecule has 5 amide bonds. The highest BCUT2D eigenvalue weighted by molar-refractivity contribution is 6.25. The van der Waals surface area contributed by atoms with Gasteiger partial charge in [0.2, 0.25) is 17.7 Å². The van der Waals surface area contributed by atoms with Crippen molar-refractivity contribution >= 4 is 46.7 Å². The Hall–Kier alpha value is -6.97. The van der Waals surface area contributed by atoms with E-state index in [4.69, 9.17) is 13.9 Å². The Labute approximate surface area is 363 Å². The topological polar surface area (TPSA) is 215 Å². The van der Waals surface area contributed by atoms with Crippen molar-refractivity contribution in [3.05, 3.63) is 101 Å². The Kier molecular flexibility index (Phi) is 12.8. The van der Waals surface area contributed by atoms with Crippen molar-refractivity contribution < 1.29 is 51.0 Å². The van der Waals surface area contributed by atoms with Crippen LogP contribution < -0.4 is 26.2 Å². The van der Waals surface area contributed by atoms with Gasteiger partial charge in [-0.25, -0.2) is 14.6 Å². The van der Waals surface area contributed by atoms with E-state index in [0.29, 0.717) is 61.6 Å². The first-order valence-corrected chi connectivity index (χ1v) is 20.5. The van der Waals surface area contributed by atoms with Crippen LogP contribution >= 0.6 is 0 Å². The normalized spacial score (nSPS) is 16.2. The maximum absolute atomic E-state index is 14.1. The quantitative estimate of drug-likeness (QED) is 0.0668. The van der Waals surface area contributed by atoms with Crippen LogP contribution in [0.4, 0.5) is 30.4 Å². The number of nitrogens with one attached hydrogen (secondary N) is 4. The van der Waals surface area contributed by atoms with Gasteiger partial charge in [-0.05, 0) is 61.2 Å². The summed E-state index contributed by atoms with van der Waals surface area (Å²) < 4.78 is 60.2. The number of ether oxygens (including phenoxy) is 2. The predicted molar refractivity (Wildman–Crippen MR) is 223 cm³/mol. The minimum Gasteiger partial charge on any atom is -0.444 e. The number of piperidine rings is 1. The number of oxazole rings is 1. The van der Waals surface area contributed by atoms with E-state index in [9.17, 15) is 37.1 Å². The number of rotatable bonds is 19. The first kappa shape index (κ1) is 43.7. The number of fused-ring (bicyclic) bond motifs is 1. The first-order chi connectivity index (χ1) is 30.9. The molecular weight excluding hydrogens is 842 g/mol. The summed E-state index contributed by atoms with van der Waals surface area (Å²) in [5.74, 6) is -2.38. The zero-order valence-corrected chi connectivity index (χ0v) is 34.4. The van der Waals surface area contributed by atoms with Crippen molar-refractivity contribution in [3.63, 3.8) is 0 Å². The van der Waals surface area contributed by atoms with E-state index in [1.54, 1.807) is 54.7 Å². The van der Waals surface area contributed by atoms with Gasteiger partial charge in [-0.2, -0.15) is 18.3 Å². The van der Waals surface area contributed by atoms with E-state index >= 15 is 0 Å². The summed E-state index contributed by atoms with van der Waals surface area (Å²) in [6, 6.07) is 14.4. The van der Waals surface area contributed by atoms with Crippen LogP contribution in [-0.2, 0) is 31.8 Å². The fourth-order valence-electron chi connectivity index (χ4n) is 7.33. The van der Waals surface area contributed by atoms with Gasteiger partial charge < -0.3 is 34.7 Å². The van der Waals surface area contributed by atoms with E-state index in [2.05, 4.69) is 36.3 Å². The van der Waals surface area contributed by atoms with E-state index < -0.39 is 53.1 Å². The van der Waals surface area contributed by atoms with Crippen molar-refractivity contribution in [2.75, 3.05) is 62.1 Å². The Morgan fingerprint density at radius 1 is 0.953 bits per heavy atom. The highest BCUT2D eigenvalue weighted by Crippen LogP contribution is 2.36. The largest absolute Gasteiger partial charge is 0.444 e. The van der Waals surface area contributed by atoms with Crippen LogP contribution in [0.1, 0.15) is 68.1 Å². The number of alkyl halides is 3. The van der Waals surface area contributed by atoms with Gasteiger partial charge in [0.1, 0.15) is 18.1 Å². The molecule has 5 aromatic rings. The zero-order valence-electron chi connectivity index (χ0n) is 34.4. The van der Waals surface area contributed by atoms with Gasteiger partial charge in [-0.3, -0.25) is 34.2 Å². The van der Waals surface area contributed by atoms with E-state index in [1.807, 2.05) is 11.9 Å². The van der Waals surface area contributed by atoms with Crippen molar-refractivity contribution in [3.8, 4) is 17.1 Å². The van der Waals surface area contributed by atoms with Crippen LogP contribution in [0.5, 0.6) is 0 Å². The fraction of sp³-hybridized carbons (Fsp3) is 0.349. The molecule has 1 saturated heterocycles. The van der Waals surface area contributed by atoms with E-state index in [1.165, 1.54) is 6.07 Å². The lowest BCUT2D eigenvalue weighted by atomic mass is 10.0. The minimum absolute atomic E-state index is 0.0317. The highest BCUT2D eigenvalue weighted by Gasteiger charge is 2.45. The Morgan fingerprint density at radius 2 is 1.73 bits per heavy atom. The molecule has 5 heterocycles. The van der Waals surface area contributed by atoms with Crippen LogP contribution in [0.25, 0.3) is 17.1 Å². The second kappa shape index (κ2) is 18.8. The van der Waals surface area contributed by atoms with Crippen LogP contribution in [-0.4, -0.2) is 113 Å². The summed E-state index contributed by atoms with van der Waals surface area (Å²) in [6.45, 7) is 2.36. The summed E-state index contributed by atoms with van der Waals surface area (Å²) in [5, 5.41) is 14.6. The number of carbonyl (C=O) groups excluding carboxylic acids is 5. The lowest BCUT2D eigenvalue weighted by molar-refractivity contribution is -0.140. The molecule has 8 rings (SSSR count). The lowest BCUT2D eigenvalue weighted by Crippen LogP contribution is -2.54. The number of hydrogen-bond donors (Lipinski definition) is 4. The monoisotopic (exact) mass is 884 g/mol. The maximum Gasteiger partial charge on any atom is 0.437 e. The summed E-state index contributed by atoms with van der Waals surface area (Å²) >= 11 is 0. The molecule has 1 saturated carbocycles. The second-order valence-electron chi connectivity index (χ2n) is 15.2. The molecule has 18 nitrogen and oxygen atoms in total. The van der Waals surface area contributed by atoms with Crippen LogP contribution in [0.2, 0.25) is 0 Å². The molecule has 3 aromatic heterocycles. The number of amides is 5. The first-order valence-electron chi connectivity index (χ1n) is 20.5. The van der Waals surface area contributed by atoms with Crippen LogP contribution in [0.3, 0.4) is 0 Å². The molecule has 0 radical (unpaired) electrons. The standard InChI is InChI=1S/C43H43F3N10O8/c1-54(27-8-9-27)34-21-26(12-13-49-34)40-51-32(24-64-40)38(58)50-31-23-55(53-37(31)43(44,45)46)28-5-2-4-25(20-28)22-47-14-16-62-18-19-63-17-15-48-30-7-3-6-29-36(30)42(61)56(41(29)60)33-10-11-35(57)52-39(33)59/h2-7,12-13,20-21,23-24,27,33,47-48H,8-11,14-19,22H2,1H3,(H,50,58)(H,52,57,59). The molecule has 21 heteroatoms. The number of imide groups is 2. The molecule has 1 unspecified atom stereocenters. The van der Waals surface area contributed by atoms with E-state index in [-0.39, 0.29) is 48.8 Å². The molecule has 334 valence electrons.